The molecule has 284 valence electrons. The van der Waals surface area contributed by atoms with E-state index >= 15 is 0 Å². The van der Waals surface area contributed by atoms with Crippen molar-refractivity contribution in [2.24, 2.45) is 5.41 Å². The van der Waals surface area contributed by atoms with Crippen LogP contribution in [0.15, 0.2) is 48.8 Å². The number of aromatic nitrogens is 4. The fourth-order valence-electron chi connectivity index (χ4n) is 7.87. The summed E-state index contributed by atoms with van der Waals surface area (Å²) in [6.45, 7) is 16.9. The predicted octanol–water partition coefficient (Wildman–Crippen LogP) is 8.28. The highest BCUT2D eigenvalue weighted by Gasteiger charge is 2.57. The van der Waals surface area contributed by atoms with Crippen molar-refractivity contribution in [1.29, 1.82) is 0 Å². The molecular formula is C39H50F2N6O4SSi. The molecule has 7 rings (SSSR count). The predicted molar refractivity (Wildman–Crippen MR) is 205 cm³/mol. The number of imidazole rings is 1. The number of hydrogen-bond acceptors (Lipinski definition) is 7. The van der Waals surface area contributed by atoms with Gasteiger partial charge in [-0.25, -0.2) is 23.9 Å². The summed E-state index contributed by atoms with van der Waals surface area (Å²) in [6, 6.07) is 9.87. The van der Waals surface area contributed by atoms with Gasteiger partial charge in [0.05, 0.1) is 44.4 Å². The molecule has 1 fully saturated rings. The summed E-state index contributed by atoms with van der Waals surface area (Å²) in [5.74, 6) is 1.04. The van der Waals surface area contributed by atoms with Crippen molar-refractivity contribution >= 4 is 36.2 Å². The third-order valence-electron chi connectivity index (χ3n) is 11.7. The molecule has 4 aromatic rings. The molecule has 3 aliphatic rings. The van der Waals surface area contributed by atoms with Crippen LogP contribution in [0.4, 0.5) is 8.78 Å². The summed E-state index contributed by atoms with van der Waals surface area (Å²) >= 11 is 0. The molecule has 1 aliphatic carbocycles. The smallest absolute Gasteiger partial charge is 0.387 e. The van der Waals surface area contributed by atoms with Gasteiger partial charge in [0.25, 0.3) is 5.91 Å². The van der Waals surface area contributed by atoms with Crippen LogP contribution in [0, 0.1) is 5.41 Å². The summed E-state index contributed by atoms with van der Waals surface area (Å²) in [5.41, 5.74) is 3.16. The van der Waals surface area contributed by atoms with E-state index in [-0.39, 0.29) is 28.2 Å². The van der Waals surface area contributed by atoms with Gasteiger partial charge in [-0.05, 0) is 87.0 Å². The number of benzene rings is 2. The van der Waals surface area contributed by atoms with Crippen molar-refractivity contribution in [3.63, 3.8) is 0 Å². The highest BCUT2D eigenvalue weighted by Crippen LogP contribution is 2.55. The third kappa shape index (κ3) is 6.52. The van der Waals surface area contributed by atoms with E-state index in [2.05, 4.69) is 50.1 Å². The van der Waals surface area contributed by atoms with Crippen LogP contribution < -0.4 is 9.46 Å². The van der Waals surface area contributed by atoms with Crippen LogP contribution in [0.1, 0.15) is 107 Å². The largest absolute Gasteiger partial charge is 0.434 e. The topological polar surface area (TPSA) is 111 Å². The fraction of sp³-hybridized carbons (Fsp3) is 0.538. The first-order chi connectivity index (χ1) is 24.6. The Balaban J connectivity index is 1.22. The molecular weight excluding hydrogens is 715 g/mol. The number of ether oxygens (including phenoxy) is 1. The molecule has 1 amide bonds. The number of amides is 1. The molecule has 14 heteroatoms. The minimum Gasteiger partial charge on any atom is -0.434 e. The highest BCUT2D eigenvalue weighted by atomic mass is 32.2. The molecule has 2 aromatic carbocycles. The van der Waals surface area contributed by atoms with Gasteiger partial charge in [-0.3, -0.25) is 4.79 Å². The van der Waals surface area contributed by atoms with Gasteiger partial charge < -0.3 is 18.6 Å². The standard InChI is InChI=1S/C39H50F2N6O4SSi/c1-36(2,3)52(49)45-39(20-38(7,21-39)22-50-53(9,10)37(4,5)6)34-42-18-24(19-43-34)23-14-15-26-27(16-23)47-28-17-29(32(47)44-26)46(8)33(48)25-12-11-13-30(31(25)28)51-35(40)41/h11-16,18-19,28-29,35,45H,17,20-22H2,1-10H3/t28-,29-,38?,39?,52-/m1/s1. The van der Waals surface area contributed by atoms with E-state index in [1.54, 1.807) is 36.5 Å². The second-order valence-electron chi connectivity index (χ2n) is 17.9. The SMILES string of the molecule is CN1C(=O)c2cccc(OC(F)F)c2[C@H]2C[C@@H]1c1nc3ccc(-c4cnc(C5(N[S@](=O)C(C)(C)C)CC(C)(CO[Si](C)(C)C(C)(C)C)C5)nc4)cc3n12. The number of alkyl halides is 2. The molecule has 2 aliphatic heterocycles. The number of halogens is 2. The van der Waals surface area contributed by atoms with Gasteiger partial charge in [-0.2, -0.15) is 8.78 Å². The third-order valence-corrected chi connectivity index (χ3v) is 17.9. The van der Waals surface area contributed by atoms with E-state index in [4.69, 9.17) is 24.1 Å². The molecule has 0 spiro atoms. The molecule has 4 heterocycles. The lowest BCUT2D eigenvalue weighted by molar-refractivity contribution is -0.0507. The van der Waals surface area contributed by atoms with Gasteiger partial charge in [-0.1, -0.05) is 39.8 Å². The van der Waals surface area contributed by atoms with Gasteiger partial charge in [-0.15, -0.1) is 0 Å². The normalized spacial score (nSPS) is 24.9. The zero-order valence-electron chi connectivity index (χ0n) is 32.2. The second-order valence-corrected chi connectivity index (χ2v) is 24.7. The van der Waals surface area contributed by atoms with Crippen molar-refractivity contribution in [1.82, 2.24) is 29.1 Å². The Bertz CT molecular complexity index is 2100. The van der Waals surface area contributed by atoms with Crippen LogP contribution in [0.25, 0.3) is 22.2 Å². The first-order valence-corrected chi connectivity index (χ1v) is 22.2. The molecule has 0 saturated heterocycles. The number of rotatable bonds is 9. The van der Waals surface area contributed by atoms with Gasteiger partial charge in [0, 0.05) is 49.2 Å². The lowest BCUT2D eigenvalue weighted by Gasteiger charge is -2.55. The maximum atomic E-state index is 13.6. The summed E-state index contributed by atoms with van der Waals surface area (Å²) in [4.78, 5) is 29.9. The Kier molecular flexibility index (Phi) is 9.07. The van der Waals surface area contributed by atoms with Gasteiger partial charge in [0.1, 0.15) is 17.4 Å². The highest BCUT2D eigenvalue weighted by molar-refractivity contribution is 7.84. The molecule has 0 unspecified atom stereocenters. The molecule has 0 radical (unpaired) electrons. The van der Waals surface area contributed by atoms with Crippen LogP contribution in [0.5, 0.6) is 5.75 Å². The van der Waals surface area contributed by atoms with E-state index in [1.165, 1.54) is 6.07 Å². The molecule has 3 atom stereocenters. The zero-order chi connectivity index (χ0) is 38.5. The monoisotopic (exact) mass is 764 g/mol. The lowest BCUT2D eigenvalue weighted by atomic mass is 9.58. The van der Waals surface area contributed by atoms with Crippen molar-refractivity contribution in [3.8, 4) is 16.9 Å². The summed E-state index contributed by atoms with van der Waals surface area (Å²) < 4.78 is 57.3. The Morgan fingerprint density at radius 1 is 1.04 bits per heavy atom. The number of nitrogens with one attached hydrogen (secondary N) is 1. The van der Waals surface area contributed by atoms with E-state index in [0.29, 0.717) is 48.6 Å². The first kappa shape index (κ1) is 37.7. The fourth-order valence-corrected chi connectivity index (χ4v) is 9.91. The van der Waals surface area contributed by atoms with Crippen LogP contribution in [0.3, 0.4) is 0 Å². The average molecular weight is 765 g/mol. The Labute approximate surface area is 313 Å². The van der Waals surface area contributed by atoms with Crippen LogP contribution in [0.2, 0.25) is 18.1 Å². The van der Waals surface area contributed by atoms with Crippen LogP contribution >= 0.6 is 0 Å². The van der Waals surface area contributed by atoms with E-state index in [1.807, 2.05) is 39.0 Å². The molecule has 53 heavy (non-hydrogen) atoms. The maximum absolute atomic E-state index is 13.6. The summed E-state index contributed by atoms with van der Waals surface area (Å²) in [5, 5.41) is 0.0961. The molecule has 2 bridgehead atoms. The van der Waals surface area contributed by atoms with Crippen molar-refractivity contribution < 1.29 is 26.9 Å². The maximum Gasteiger partial charge on any atom is 0.387 e. The first-order valence-electron chi connectivity index (χ1n) is 18.2. The van der Waals surface area contributed by atoms with Gasteiger partial charge in [0.15, 0.2) is 8.32 Å². The Morgan fingerprint density at radius 3 is 2.34 bits per heavy atom. The van der Waals surface area contributed by atoms with Crippen molar-refractivity contribution in [2.75, 3.05) is 13.7 Å². The minimum absolute atomic E-state index is 0.00619. The molecule has 2 aromatic heterocycles. The van der Waals surface area contributed by atoms with E-state index < -0.39 is 42.2 Å². The van der Waals surface area contributed by atoms with E-state index in [0.717, 1.165) is 22.2 Å². The summed E-state index contributed by atoms with van der Waals surface area (Å²) in [7, 11) is -1.59. The van der Waals surface area contributed by atoms with Crippen molar-refractivity contribution in [2.45, 2.75) is 115 Å². The molecule has 1 N–H and O–H groups in total. The second kappa shape index (κ2) is 12.7. The summed E-state index contributed by atoms with van der Waals surface area (Å²) in [6.07, 6.45) is 5.46. The number of hydrogen-bond donors (Lipinski definition) is 1. The lowest BCUT2D eigenvalue weighted by Crippen LogP contribution is -2.62. The van der Waals surface area contributed by atoms with Crippen LogP contribution in [-0.2, 0) is 21.0 Å². The van der Waals surface area contributed by atoms with Gasteiger partial charge in [0.2, 0.25) is 0 Å². The van der Waals surface area contributed by atoms with E-state index in [9.17, 15) is 17.8 Å². The minimum atomic E-state index is -3.03. The Hall–Kier alpha value is -3.59. The molecule has 10 nitrogen and oxygen atoms in total. The van der Waals surface area contributed by atoms with Crippen molar-refractivity contribution in [3.05, 3.63) is 71.6 Å². The number of nitrogens with zero attached hydrogens (tertiary/aromatic N) is 5. The number of carbonyl (C=O) groups excluding carboxylic acids is 1. The molecule has 1 saturated carbocycles. The number of carbonyl (C=O) groups is 1. The van der Waals surface area contributed by atoms with Crippen LogP contribution in [-0.4, -0.2) is 67.9 Å². The quantitative estimate of drug-likeness (QED) is 0.171. The Morgan fingerprint density at radius 2 is 1.72 bits per heavy atom. The zero-order valence-corrected chi connectivity index (χ0v) is 34.0. The average Bonchev–Trinajstić information content (AvgIpc) is 3.58. The number of fused-ring (bicyclic) bond motifs is 9. The van der Waals surface area contributed by atoms with Gasteiger partial charge >= 0.3 is 6.61 Å².